The van der Waals surface area contributed by atoms with Gasteiger partial charge in [0, 0.05) is 0 Å². The average molecular weight is 1090 g/mol. The van der Waals surface area contributed by atoms with Crippen LogP contribution in [-0.2, 0) is 89.5 Å². The van der Waals surface area contributed by atoms with Gasteiger partial charge in [0.15, 0.2) is 0 Å². The van der Waals surface area contributed by atoms with Gasteiger partial charge in [-0.1, -0.05) is 134 Å². The summed E-state index contributed by atoms with van der Waals surface area (Å²) in [5.74, 6) is 7.11. The van der Waals surface area contributed by atoms with Gasteiger partial charge < -0.3 is 41.2 Å². The van der Waals surface area contributed by atoms with Crippen LogP contribution in [0.4, 0.5) is 0 Å². The molecule has 0 aromatic carbocycles. The van der Waals surface area contributed by atoms with Crippen molar-refractivity contribution in [1.29, 1.82) is 0 Å². The van der Waals surface area contributed by atoms with Crippen molar-refractivity contribution >= 4 is 23.3 Å². The molecule has 0 aliphatic carbocycles. The average Bonchev–Trinajstić information content (AvgIpc) is 3.63. The smallest absolute Gasteiger partial charge is 0.463 e. The molecule has 0 aromatic rings. The number of hydrogen-bond donors (Lipinski definition) is 0. The summed E-state index contributed by atoms with van der Waals surface area (Å²) in [5, 5.41) is 18.5. The van der Waals surface area contributed by atoms with Crippen molar-refractivity contribution < 1.29 is 89.5 Å². The quantitative estimate of drug-likeness (QED) is 0.216. The van der Waals surface area contributed by atoms with Crippen LogP contribution in [0.3, 0.4) is 0 Å². The van der Waals surface area contributed by atoms with Crippen LogP contribution in [0.15, 0.2) is 20.0 Å². The van der Waals surface area contributed by atoms with Gasteiger partial charge >= 0.3 is 89.5 Å². The minimum atomic E-state index is 0. The number of aliphatic imine (C=N–C) groups is 4. The minimum Gasteiger partial charge on any atom is -0.463 e. The van der Waals surface area contributed by atoms with E-state index < -0.39 is 0 Å². The molecule has 0 radical (unpaired) electrons. The summed E-state index contributed by atoms with van der Waals surface area (Å²) in [5.41, 5.74) is 1.22. The van der Waals surface area contributed by atoms with Crippen molar-refractivity contribution in [3.63, 3.8) is 0 Å². The Morgan fingerprint density at radius 2 is 0.462 bits per heavy atom. The Balaban J connectivity index is 0.000000338. The van der Waals surface area contributed by atoms with Crippen LogP contribution in [0, 0.1) is 23.7 Å². The van der Waals surface area contributed by atoms with Crippen LogP contribution in [-0.4, -0.2) is 67.7 Å². The van der Waals surface area contributed by atoms with E-state index in [1.165, 1.54) is 51.4 Å². The Morgan fingerprint density at radius 1 is 0.308 bits per heavy atom. The summed E-state index contributed by atoms with van der Waals surface area (Å²) in [4.78, 5) is 18.5. The van der Waals surface area contributed by atoms with Crippen LogP contribution < -0.4 is 0 Å². The molecule has 12 heteroatoms. The number of rotatable bonds is 0. The van der Waals surface area contributed by atoms with Crippen molar-refractivity contribution in [3.8, 4) is 0 Å². The zero-order valence-electron chi connectivity index (χ0n) is 34.8. The third-order valence-corrected chi connectivity index (χ3v) is 10.8. The van der Waals surface area contributed by atoms with Crippen molar-refractivity contribution in [2.24, 2.45) is 43.6 Å². The number of fused-ring (bicyclic) bond motifs is 4. The zero-order valence-corrected chi connectivity index (χ0v) is 40.7. The molecule has 0 aromatic heterocycles. The molecule has 52 heavy (non-hydrogen) atoms. The first-order valence-corrected chi connectivity index (χ1v) is 18.8. The van der Waals surface area contributed by atoms with Crippen LogP contribution in [0.1, 0.15) is 162 Å². The second kappa shape index (κ2) is 17.0. The molecule has 0 saturated carbocycles. The first kappa shape index (κ1) is 50.9. The standard InChI is InChI=1S/4C10H17N2.4Ag/c4*1-9(2)5-7-6-10(3,4)12-8(7)11-9;;;;/h4*7H,5-6H2,1-4H3;;;;/q4*-1;4*+1. The number of amidine groups is 4. The van der Waals surface area contributed by atoms with Gasteiger partial charge in [0.1, 0.15) is 0 Å². The monoisotopic (exact) mass is 1090 g/mol. The Labute approximate surface area is 380 Å². The molecule has 0 bridgehead atoms. The Morgan fingerprint density at radius 3 is 0.596 bits per heavy atom. The summed E-state index contributed by atoms with van der Waals surface area (Å²) in [6, 6.07) is 0. The molecule has 8 aliphatic heterocycles. The summed E-state index contributed by atoms with van der Waals surface area (Å²) >= 11 is 0. The molecule has 4 saturated heterocycles. The molecular formula is C40H68Ag4N8. The van der Waals surface area contributed by atoms with Gasteiger partial charge in [-0.3, -0.25) is 0 Å². The summed E-state index contributed by atoms with van der Waals surface area (Å²) < 4.78 is 0. The predicted octanol–water partition coefficient (Wildman–Crippen LogP) is 10.9. The van der Waals surface area contributed by atoms with Gasteiger partial charge in [-0.25, -0.2) is 0 Å². The maximum absolute atomic E-state index is 4.63. The van der Waals surface area contributed by atoms with E-state index in [1.54, 1.807) is 0 Å². The van der Waals surface area contributed by atoms with E-state index in [1.807, 2.05) is 0 Å². The van der Waals surface area contributed by atoms with E-state index in [2.05, 4.69) is 152 Å². The molecule has 8 heterocycles. The van der Waals surface area contributed by atoms with Crippen molar-refractivity contribution in [3.05, 3.63) is 21.3 Å². The Kier molecular flexibility index (Phi) is 16.6. The first-order chi connectivity index (χ1) is 21.5. The summed E-state index contributed by atoms with van der Waals surface area (Å²) in [7, 11) is 0. The molecular weight excluding hydrogens is 1020 g/mol. The Bertz CT molecular complexity index is 1180. The van der Waals surface area contributed by atoms with Crippen LogP contribution in [0.2, 0.25) is 0 Å². The molecule has 8 aliphatic rings. The fourth-order valence-corrected chi connectivity index (χ4v) is 9.52. The normalized spacial score (nSPS) is 32.9. The van der Waals surface area contributed by atoms with Gasteiger partial charge in [0.05, 0.1) is 0 Å². The maximum Gasteiger partial charge on any atom is 1.00 e. The van der Waals surface area contributed by atoms with Crippen LogP contribution in [0.5, 0.6) is 0 Å². The van der Waals surface area contributed by atoms with Gasteiger partial charge in [0.2, 0.25) is 0 Å². The first-order valence-electron chi connectivity index (χ1n) is 18.8. The van der Waals surface area contributed by atoms with E-state index in [0.29, 0.717) is 23.7 Å². The van der Waals surface area contributed by atoms with Crippen molar-refractivity contribution in [1.82, 2.24) is 0 Å². The van der Waals surface area contributed by atoms with Gasteiger partial charge in [-0.2, -0.15) is 0 Å². The van der Waals surface area contributed by atoms with E-state index in [-0.39, 0.29) is 134 Å². The van der Waals surface area contributed by atoms with Crippen LogP contribution in [0.25, 0.3) is 21.3 Å². The molecule has 8 nitrogen and oxygen atoms in total. The molecule has 4 fully saturated rings. The molecule has 0 amide bonds. The fourth-order valence-electron chi connectivity index (χ4n) is 9.52. The Hall–Kier alpha value is 0.841. The fraction of sp³-hybridized carbons (Fsp3) is 0.900. The second-order valence-corrected chi connectivity index (χ2v) is 21.2. The van der Waals surface area contributed by atoms with E-state index >= 15 is 0 Å². The molecule has 0 unspecified atom stereocenters. The van der Waals surface area contributed by atoms with Gasteiger partial charge in [0.25, 0.3) is 0 Å². The number of nitrogens with zero attached hydrogens (tertiary/aromatic N) is 8. The molecule has 8 rings (SSSR count). The second-order valence-electron chi connectivity index (χ2n) is 21.2. The predicted molar refractivity (Wildman–Crippen MR) is 207 cm³/mol. The topological polar surface area (TPSA) is 106 Å². The van der Waals surface area contributed by atoms with Gasteiger partial charge in [-0.15, -0.1) is 0 Å². The largest absolute Gasteiger partial charge is 1.00 e. The molecule has 0 spiro atoms. The third kappa shape index (κ3) is 13.5. The minimum absolute atomic E-state index is 0. The van der Waals surface area contributed by atoms with Crippen molar-refractivity contribution in [2.75, 3.05) is 0 Å². The maximum atomic E-state index is 4.63. The molecule has 312 valence electrons. The zero-order chi connectivity index (χ0) is 35.9. The van der Waals surface area contributed by atoms with Gasteiger partial charge in [-0.05, 0) is 119 Å². The van der Waals surface area contributed by atoms with E-state index in [4.69, 9.17) is 0 Å². The van der Waals surface area contributed by atoms with Crippen molar-refractivity contribution in [2.45, 2.75) is 206 Å². The summed E-state index contributed by atoms with van der Waals surface area (Å²) in [6.45, 7) is 35.1. The SMILES string of the molecule is CC1(C)C[C@H]2CC(C)(C)[N-]C2=N1.CC1(C)C[C@H]2CC(C)(C)[N-]C2=N1.CC1(C)C[C@H]2CC(C)(C)[N-]C2=N1.CC1(C)C[C@H]2CC(C)(C)[N-]C2=N1.[Ag+].[Ag+].[Ag+].[Ag+]. The van der Waals surface area contributed by atoms with E-state index in [9.17, 15) is 0 Å². The third-order valence-electron chi connectivity index (χ3n) is 10.8. The van der Waals surface area contributed by atoms with E-state index in [0.717, 1.165) is 23.3 Å². The number of hydrogen-bond acceptors (Lipinski definition) is 4. The molecule has 0 N–H and O–H groups in total. The van der Waals surface area contributed by atoms with Crippen LogP contribution >= 0.6 is 0 Å². The summed E-state index contributed by atoms with van der Waals surface area (Å²) in [6.07, 6.45) is 9.52. The molecule has 4 atom stereocenters.